The summed E-state index contributed by atoms with van der Waals surface area (Å²) in [6.07, 6.45) is 0. The van der Waals surface area contributed by atoms with Crippen LogP contribution in [-0.4, -0.2) is 17.8 Å². The van der Waals surface area contributed by atoms with Crippen LogP contribution in [0.4, 0.5) is 0 Å². The van der Waals surface area contributed by atoms with E-state index in [1.165, 1.54) is 0 Å². The van der Waals surface area contributed by atoms with E-state index < -0.39 is 0 Å². The predicted octanol–water partition coefficient (Wildman–Crippen LogP) is 1.84. The summed E-state index contributed by atoms with van der Waals surface area (Å²) in [5, 5.41) is 0. The Bertz CT molecular complexity index is 735. The summed E-state index contributed by atoms with van der Waals surface area (Å²) < 4.78 is 12.7. The third-order valence-corrected chi connectivity index (χ3v) is 3.66. The lowest BCUT2D eigenvalue weighted by atomic mass is 10.1. The van der Waals surface area contributed by atoms with Gasteiger partial charge in [0.2, 0.25) is 0 Å². The molecule has 0 radical (unpaired) electrons. The minimum Gasteiger partial charge on any atom is -0.486 e. The lowest BCUT2D eigenvalue weighted by Gasteiger charge is -2.19. The molecule has 1 aromatic carbocycles. The van der Waals surface area contributed by atoms with E-state index >= 15 is 0 Å². The van der Waals surface area contributed by atoms with Gasteiger partial charge >= 0.3 is 0 Å². The summed E-state index contributed by atoms with van der Waals surface area (Å²) in [7, 11) is 1.75. The first-order valence-electron chi connectivity index (χ1n) is 6.93. The van der Waals surface area contributed by atoms with E-state index in [1.807, 2.05) is 24.3 Å². The fourth-order valence-electron chi connectivity index (χ4n) is 2.49. The molecule has 2 N–H and O–H groups in total. The van der Waals surface area contributed by atoms with Crippen LogP contribution in [0.2, 0.25) is 0 Å². The number of ether oxygens (including phenoxy) is 2. The number of hydrogen-bond donors (Lipinski definition) is 1. The molecule has 1 aliphatic heterocycles. The van der Waals surface area contributed by atoms with Crippen LogP contribution in [0.5, 0.6) is 11.5 Å². The second kappa shape index (κ2) is 5.26. The van der Waals surface area contributed by atoms with E-state index in [0.717, 1.165) is 17.0 Å². The van der Waals surface area contributed by atoms with E-state index in [1.54, 1.807) is 24.6 Å². The van der Waals surface area contributed by atoms with Gasteiger partial charge in [0, 0.05) is 24.2 Å². The van der Waals surface area contributed by atoms with Gasteiger partial charge in [-0.05, 0) is 37.3 Å². The van der Waals surface area contributed by atoms with Gasteiger partial charge in [0.05, 0.1) is 5.69 Å². The fraction of sp³-hybridized carbons (Fsp3) is 0.312. The topological polar surface area (TPSA) is 66.5 Å². The Labute approximate surface area is 122 Å². The van der Waals surface area contributed by atoms with Crippen molar-refractivity contribution in [3.63, 3.8) is 0 Å². The highest BCUT2D eigenvalue weighted by atomic mass is 16.6. The number of nitrogens with zero attached hydrogens (tertiary/aromatic N) is 1. The van der Waals surface area contributed by atoms with Crippen LogP contribution in [0.15, 0.2) is 35.1 Å². The van der Waals surface area contributed by atoms with Crippen molar-refractivity contribution in [1.29, 1.82) is 0 Å². The molecular weight excluding hydrogens is 268 g/mol. The van der Waals surface area contributed by atoms with Crippen LogP contribution in [0, 0.1) is 0 Å². The number of rotatable bonds is 2. The SMILES string of the molecule is CC(N)c1ccc(-c2ccc3c(c2)OCCO3)n(C)c1=O. The van der Waals surface area contributed by atoms with Crippen LogP contribution in [0.25, 0.3) is 11.3 Å². The third kappa shape index (κ3) is 2.40. The minimum absolute atomic E-state index is 0.0719. The number of pyridine rings is 1. The third-order valence-electron chi connectivity index (χ3n) is 3.66. The quantitative estimate of drug-likeness (QED) is 0.915. The van der Waals surface area contributed by atoms with E-state index in [-0.39, 0.29) is 11.6 Å². The first-order chi connectivity index (χ1) is 10.1. The fourth-order valence-corrected chi connectivity index (χ4v) is 2.49. The lowest BCUT2D eigenvalue weighted by Crippen LogP contribution is -2.26. The van der Waals surface area contributed by atoms with Gasteiger partial charge in [-0.25, -0.2) is 0 Å². The summed E-state index contributed by atoms with van der Waals surface area (Å²) in [4.78, 5) is 12.3. The predicted molar refractivity (Wildman–Crippen MR) is 80.7 cm³/mol. The van der Waals surface area contributed by atoms with E-state index in [9.17, 15) is 4.79 Å². The summed E-state index contributed by atoms with van der Waals surface area (Å²) in [6.45, 7) is 2.91. The van der Waals surface area contributed by atoms with Gasteiger partial charge in [0.25, 0.3) is 5.56 Å². The van der Waals surface area contributed by atoms with Crippen molar-refractivity contribution in [2.75, 3.05) is 13.2 Å². The van der Waals surface area contributed by atoms with Crippen molar-refractivity contribution >= 4 is 0 Å². The highest BCUT2D eigenvalue weighted by Crippen LogP contribution is 2.34. The molecule has 5 heteroatoms. The molecule has 0 amide bonds. The van der Waals surface area contributed by atoms with E-state index in [4.69, 9.17) is 15.2 Å². The molecule has 1 aromatic heterocycles. The number of benzene rings is 1. The Hall–Kier alpha value is -2.27. The number of aromatic nitrogens is 1. The molecule has 5 nitrogen and oxygen atoms in total. The smallest absolute Gasteiger partial charge is 0.255 e. The zero-order chi connectivity index (χ0) is 15.0. The molecule has 0 saturated heterocycles. The molecule has 110 valence electrons. The van der Waals surface area contributed by atoms with Crippen molar-refractivity contribution in [2.45, 2.75) is 13.0 Å². The molecular formula is C16H18N2O3. The molecule has 0 saturated carbocycles. The molecule has 1 aliphatic rings. The Morgan fingerprint density at radius 3 is 2.57 bits per heavy atom. The lowest BCUT2D eigenvalue weighted by molar-refractivity contribution is 0.171. The number of nitrogens with two attached hydrogens (primary N) is 1. The van der Waals surface area contributed by atoms with Crippen LogP contribution in [0.3, 0.4) is 0 Å². The first-order valence-corrected chi connectivity index (χ1v) is 6.93. The van der Waals surface area contributed by atoms with Crippen molar-refractivity contribution in [3.05, 3.63) is 46.2 Å². The largest absolute Gasteiger partial charge is 0.486 e. The van der Waals surface area contributed by atoms with Crippen molar-refractivity contribution in [2.24, 2.45) is 12.8 Å². The summed E-state index contributed by atoms with van der Waals surface area (Å²) >= 11 is 0. The summed E-state index contributed by atoms with van der Waals surface area (Å²) in [5.74, 6) is 1.45. The normalized spacial score (nSPS) is 14.8. The van der Waals surface area contributed by atoms with Gasteiger partial charge in [-0.1, -0.05) is 0 Å². The Morgan fingerprint density at radius 1 is 1.14 bits per heavy atom. The molecule has 21 heavy (non-hydrogen) atoms. The maximum Gasteiger partial charge on any atom is 0.255 e. The monoisotopic (exact) mass is 286 g/mol. The highest BCUT2D eigenvalue weighted by molar-refractivity contribution is 5.64. The first kappa shape index (κ1) is 13.7. The van der Waals surface area contributed by atoms with Gasteiger partial charge in [-0.15, -0.1) is 0 Å². The van der Waals surface area contributed by atoms with Gasteiger partial charge < -0.3 is 19.8 Å². The standard InChI is InChI=1S/C16H18N2O3/c1-10(17)12-4-5-13(18(2)16(12)19)11-3-6-14-15(9-11)21-8-7-20-14/h3-6,9-10H,7-8,17H2,1-2H3. The molecule has 3 rings (SSSR count). The Balaban J connectivity index is 2.09. The second-order valence-electron chi connectivity index (χ2n) is 5.19. The van der Waals surface area contributed by atoms with Crippen molar-refractivity contribution < 1.29 is 9.47 Å². The molecule has 0 bridgehead atoms. The average molecular weight is 286 g/mol. The second-order valence-corrected chi connectivity index (χ2v) is 5.19. The molecule has 2 heterocycles. The molecule has 2 aromatic rings. The zero-order valence-electron chi connectivity index (χ0n) is 12.1. The van der Waals surface area contributed by atoms with E-state index in [2.05, 4.69) is 0 Å². The van der Waals surface area contributed by atoms with Crippen molar-refractivity contribution in [3.8, 4) is 22.8 Å². The number of hydrogen-bond acceptors (Lipinski definition) is 4. The van der Waals surface area contributed by atoms with E-state index in [0.29, 0.717) is 24.5 Å². The molecule has 1 unspecified atom stereocenters. The van der Waals surface area contributed by atoms with Crippen molar-refractivity contribution in [1.82, 2.24) is 4.57 Å². The highest BCUT2D eigenvalue weighted by Gasteiger charge is 2.15. The van der Waals surface area contributed by atoms with Gasteiger partial charge in [0.15, 0.2) is 11.5 Å². The minimum atomic E-state index is -0.280. The Kier molecular flexibility index (Phi) is 3.43. The summed E-state index contributed by atoms with van der Waals surface area (Å²) in [6, 6.07) is 9.11. The summed E-state index contributed by atoms with van der Waals surface area (Å²) in [5.41, 5.74) is 8.08. The van der Waals surface area contributed by atoms with Crippen LogP contribution in [0.1, 0.15) is 18.5 Å². The van der Waals surface area contributed by atoms with Crippen LogP contribution < -0.4 is 20.8 Å². The molecule has 0 fully saturated rings. The van der Waals surface area contributed by atoms with Gasteiger partial charge in [0.1, 0.15) is 13.2 Å². The average Bonchev–Trinajstić information content (AvgIpc) is 2.49. The maximum absolute atomic E-state index is 12.3. The molecule has 0 spiro atoms. The Morgan fingerprint density at radius 2 is 1.86 bits per heavy atom. The van der Waals surface area contributed by atoms with Crippen LogP contribution >= 0.6 is 0 Å². The van der Waals surface area contributed by atoms with Crippen LogP contribution in [-0.2, 0) is 7.05 Å². The zero-order valence-corrected chi connectivity index (χ0v) is 12.1. The number of fused-ring (bicyclic) bond motifs is 1. The molecule has 1 atom stereocenters. The van der Waals surface area contributed by atoms with Gasteiger partial charge in [-0.3, -0.25) is 4.79 Å². The molecule has 0 aliphatic carbocycles. The van der Waals surface area contributed by atoms with Gasteiger partial charge in [-0.2, -0.15) is 0 Å². The maximum atomic E-state index is 12.3.